The largest absolute Gasteiger partial charge is 0.324 e. The Morgan fingerprint density at radius 2 is 2.06 bits per heavy atom. The van der Waals surface area contributed by atoms with Gasteiger partial charge in [0.05, 0.1) is 6.54 Å². The zero-order valence-electron chi connectivity index (χ0n) is 9.28. The summed E-state index contributed by atoms with van der Waals surface area (Å²) < 4.78 is 0. The van der Waals surface area contributed by atoms with Crippen LogP contribution in [0.15, 0.2) is 18.2 Å². The van der Waals surface area contributed by atoms with E-state index in [1.54, 1.807) is 0 Å². The van der Waals surface area contributed by atoms with Crippen molar-refractivity contribution in [2.75, 3.05) is 6.54 Å². The van der Waals surface area contributed by atoms with Crippen LogP contribution in [0.4, 0.5) is 0 Å². The Bertz CT molecular complexity index is 438. The van der Waals surface area contributed by atoms with Gasteiger partial charge in [-0.05, 0) is 30.0 Å². The monoisotopic (exact) mass is 216 g/mol. The molecule has 2 aliphatic rings. The number of carbonyl (C=O) groups excluding carboxylic acids is 1. The van der Waals surface area contributed by atoms with Crippen molar-refractivity contribution in [1.29, 1.82) is 0 Å². The van der Waals surface area contributed by atoms with Crippen molar-refractivity contribution in [2.24, 2.45) is 5.73 Å². The van der Waals surface area contributed by atoms with E-state index in [2.05, 4.69) is 11.0 Å². The zero-order valence-corrected chi connectivity index (χ0v) is 9.28. The second-order valence-electron chi connectivity index (χ2n) is 4.75. The van der Waals surface area contributed by atoms with Crippen molar-refractivity contribution in [3.63, 3.8) is 0 Å². The van der Waals surface area contributed by atoms with E-state index in [0.717, 1.165) is 24.7 Å². The molecule has 0 spiro atoms. The predicted molar refractivity (Wildman–Crippen MR) is 62.1 cm³/mol. The van der Waals surface area contributed by atoms with E-state index in [-0.39, 0.29) is 12.3 Å². The van der Waals surface area contributed by atoms with Gasteiger partial charge in [-0.3, -0.25) is 9.69 Å². The lowest BCUT2D eigenvalue weighted by molar-refractivity contribution is 0.100. The summed E-state index contributed by atoms with van der Waals surface area (Å²) in [6.07, 6.45) is 2.67. The minimum atomic E-state index is 0.0349. The highest BCUT2D eigenvalue weighted by molar-refractivity contribution is 5.97. The van der Waals surface area contributed by atoms with Gasteiger partial charge in [-0.15, -0.1) is 0 Å². The highest BCUT2D eigenvalue weighted by Crippen LogP contribution is 2.34. The lowest BCUT2D eigenvalue weighted by atomic mass is 10.0. The molecule has 84 valence electrons. The maximum absolute atomic E-state index is 11.5. The second kappa shape index (κ2) is 3.68. The molecule has 1 saturated carbocycles. The van der Waals surface area contributed by atoms with Crippen LogP contribution < -0.4 is 5.73 Å². The number of nitrogens with zero attached hydrogens (tertiary/aromatic N) is 1. The summed E-state index contributed by atoms with van der Waals surface area (Å²) in [6, 6.07) is 6.80. The molecule has 0 amide bonds. The first kappa shape index (κ1) is 10.00. The molecule has 3 rings (SSSR count). The van der Waals surface area contributed by atoms with Gasteiger partial charge in [-0.2, -0.15) is 0 Å². The van der Waals surface area contributed by atoms with Gasteiger partial charge in [0.25, 0.3) is 0 Å². The summed E-state index contributed by atoms with van der Waals surface area (Å²) in [7, 11) is 0. The van der Waals surface area contributed by atoms with Crippen molar-refractivity contribution in [3.05, 3.63) is 34.9 Å². The number of hydrogen-bond donors (Lipinski definition) is 1. The van der Waals surface area contributed by atoms with E-state index in [1.165, 1.54) is 24.0 Å². The first-order valence-electron chi connectivity index (χ1n) is 5.87. The van der Waals surface area contributed by atoms with Gasteiger partial charge in [-0.1, -0.05) is 12.1 Å². The van der Waals surface area contributed by atoms with E-state index in [4.69, 9.17) is 5.73 Å². The number of Topliss-reactive ketones (excluding diaryl/α,β-unsaturated/α-hetero) is 1. The average Bonchev–Trinajstić information content (AvgIpc) is 3.07. The number of fused-ring (bicyclic) bond motifs is 1. The maximum atomic E-state index is 11.5. The lowest BCUT2D eigenvalue weighted by Crippen LogP contribution is -2.18. The van der Waals surface area contributed by atoms with Gasteiger partial charge in [0.2, 0.25) is 0 Å². The van der Waals surface area contributed by atoms with Crippen LogP contribution in [0.25, 0.3) is 0 Å². The van der Waals surface area contributed by atoms with E-state index in [9.17, 15) is 4.79 Å². The van der Waals surface area contributed by atoms with Crippen molar-refractivity contribution >= 4 is 5.78 Å². The molecular formula is C13H16N2O. The summed E-state index contributed by atoms with van der Waals surface area (Å²) in [4.78, 5) is 14.0. The van der Waals surface area contributed by atoms with Gasteiger partial charge in [0, 0.05) is 24.7 Å². The molecular weight excluding hydrogens is 200 g/mol. The molecule has 2 N–H and O–H groups in total. The lowest BCUT2D eigenvalue weighted by Gasteiger charge is -2.11. The van der Waals surface area contributed by atoms with Crippen LogP contribution in [0.3, 0.4) is 0 Å². The Balaban J connectivity index is 1.85. The molecule has 1 aromatic carbocycles. The molecule has 1 aromatic rings. The second-order valence-corrected chi connectivity index (χ2v) is 4.75. The molecule has 0 radical (unpaired) electrons. The Morgan fingerprint density at radius 3 is 2.75 bits per heavy atom. The average molecular weight is 216 g/mol. The standard InChI is InChI=1S/C13H16N2O/c14-6-13(16)9-1-2-10-7-15(12-3-4-12)8-11(10)5-9/h1-2,5,12H,3-4,6-8,14H2. The highest BCUT2D eigenvalue weighted by atomic mass is 16.1. The Morgan fingerprint density at radius 1 is 1.31 bits per heavy atom. The summed E-state index contributed by atoms with van der Waals surface area (Å²) in [5.41, 5.74) is 8.82. The van der Waals surface area contributed by atoms with Crippen molar-refractivity contribution < 1.29 is 4.79 Å². The van der Waals surface area contributed by atoms with Crippen LogP contribution in [0.5, 0.6) is 0 Å². The summed E-state index contributed by atoms with van der Waals surface area (Å²) in [5.74, 6) is 0.0349. The molecule has 0 unspecified atom stereocenters. The van der Waals surface area contributed by atoms with Gasteiger partial charge in [0.15, 0.2) is 5.78 Å². The summed E-state index contributed by atoms with van der Waals surface area (Å²) in [5, 5.41) is 0. The molecule has 1 aliphatic heterocycles. The molecule has 0 bridgehead atoms. The third-order valence-electron chi connectivity index (χ3n) is 3.52. The van der Waals surface area contributed by atoms with Crippen LogP contribution in [-0.2, 0) is 13.1 Å². The minimum Gasteiger partial charge on any atom is -0.324 e. The van der Waals surface area contributed by atoms with Crippen LogP contribution in [0, 0.1) is 0 Å². The first-order chi connectivity index (χ1) is 7.78. The third-order valence-corrected chi connectivity index (χ3v) is 3.52. The first-order valence-corrected chi connectivity index (χ1v) is 5.87. The summed E-state index contributed by atoms with van der Waals surface area (Å²) >= 11 is 0. The number of hydrogen-bond acceptors (Lipinski definition) is 3. The Kier molecular flexibility index (Phi) is 2.30. The van der Waals surface area contributed by atoms with Crippen molar-refractivity contribution in [2.45, 2.75) is 32.0 Å². The Labute approximate surface area is 95.2 Å². The molecule has 1 heterocycles. The number of nitrogens with two attached hydrogens (primary N) is 1. The highest BCUT2D eigenvalue weighted by Gasteiger charge is 2.32. The fourth-order valence-electron chi connectivity index (χ4n) is 2.41. The van der Waals surface area contributed by atoms with E-state index in [1.807, 2.05) is 12.1 Å². The third kappa shape index (κ3) is 1.66. The topological polar surface area (TPSA) is 46.3 Å². The van der Waals surface area contributed by atoms with Crippen LogP contribution in [0.1, 0.15) is 34.3 Å². The number of carbonyl (C=O) groups is 1. The van der Waals surface area contributed by atoms with Gasteiger partial charge in [-0.25, -0.2) is 0 Å². The molecule has 0 aromatic heterocycles. The zero-order chi connectivity index (χ0) is 11.1. The molecule has 3 nitrogen and oxygen atoms in total. The van der Waals surface area contributed by atoms with Crippen LogP contribution in [-0.4, -0.2) is 23.3 Å². The molecule has 1 aliphatic carbocycles. The predicted octanol–water partition coefficient (Wildman–Crippen LogP) is 1.31. The fourth-order valence-corrected chi connectivity index (χ4v) is 2.41. The Hall–Kier alpha value is -1.19. The van der Waals surface area contributed by atoms with E-state index >= 15 is 0 Å². The quantitative estimate of drug-likeness (QED) is 0.775. The minimum absolute atomic E-state index is 0.0349. The summed E-state index contributed by atoms with van der Waals surface area (Å²) in [6.45, 7) is 2.16. The SMILES string of the molecule is NCC(=O)c1ccc2c(c1)CN(C1CC1)C2. The van der Waals surface area contributed by atoms with Gasteiger partial charge >= 0.3 is 0 Å². The van der Waals surface area contributed by atoms with Crippen molar-refractivity contribution in [3.8, 4) is 0 Å². The molecule has 0 atom stereocenters. The molecule has 0 saturated heterocycles. The molecule has 1 fully saturated rings. The van der Waals surface area contributed by atoms with E-state index < -0.39 is 0 Å². The molecule has 3 heteroatoms. The smallest absolute Gasteiger partial charge is 0.176 e. The fraction of sp³-hybridized carbons (Fsp3) is 0.462. The number of benzene rings is 1. The number of ketones is 1. The molecule has 16 heavy (non-hydrogen) atoms. The van der Waals surface area contributed by atoms with Crippen LogP contribution >= 0.6 is 0 Å². The van der Waals surface area contributed by atoms with Crippen LogP contribution in [0.2, 0.25) is 0 Å². The normalized spacial score (nSPS) is 19.8. The van der Waals surface area contributed by atoms with Gasteiger partial charge in [0.1, 0.15) is 0 Å². The number of rotatable bonds is 3. The van der Waals surface area contributed by atoms with Crippen molar-refractivity contribution in [1.82, 2.24) is 4.90 Å². The van der Waals surface area contributed by atoms with Gasteiger partial charge < -0.3 is 5.73 Å². The van der Waals surface area contributed by atoms with E-state index in [0.29, 0.717) is 0 Å². The maximum Gasteiger partial charge on any atom is 0.176 e.